The smallest absolute Gasteiger partial charge is 0.325 e. The number of nitrogens with one attached hydrogen (secondary N) is 1. The van der Waals surface area contributed by atoms with Crippen molar-refractivity contribution in [2.45, 2.75) is 46.1 Å². The van der Waals surface area contributed by atoms with E-state index in [1.807, 2.05) is 24.3 Å². The average Bonchev–Trinajstić information content (AvgIpc) is 2.93. The zero-order valence-electron chi connectivity index (χ0n) is 16.8. The van der Waals surface area contributed by atoms with Crippen molar-refractivity contribution in [2.75, 3.05) is 31.6 Å². The maximum Gasteiger partial charge on any atom is 0.325 e. The molecule has 2 unspecified atom stereocenters. The zero-order chi connectivity index (χ0) is 19.6. The number of carbonyl (C=O) groups is 2. The number of hydrogen-bond donors (Lipinski definition) is 1. The van der Waals surface area contributed by atoms with Gasteiger partial charge in [0.15, 0.2) is 0 Å². The van der Waals surface area contributed by atoms with Crippen LogP contribution in [-0.2, 0) is 4.79 Å². The van der Waals surface area contributed by atoms with Crippen LogP contribution >= 0.6 is 0 Å². The quantitative estimate of drug-likeness (QED) is 0.862. The third-order valence-corrected chi connectivity index (χ3v) is 5.57. The van der Waals surface area contributed by atoms with Gasteiger partial charge in [-0.1, -0.05) is 20.8 Å². The summed E-state index contributed by atoms with van der Waals surface area (Å²) in [6, 6.07) is 7.49. The summed E-state index contributed by atoms with van der Waals surface area (Å²) in [5.74, 6) is 1.30. The van der Waals surface area contributed by atoms with Gasteiger partial charge in [0.1, 0.15) is 12.3 Å². The van der Waals surface area contributed by atoms with Gasteiger partial charge in [0.05, 0.1) is 7.11 Å². The Morgan fingerprint density at radius 3 is 2.56 bits per heavy atom. The molecule has 1 heterocycles. The summed E-state index contributed by atoms with van der Waals surface area (Å²) in [4.78, 5) is 28.5. The van der Waals surface area contributed by atoms with Crippen LogP contribution < -0.4 is 15.0 Å². The number of urea groups is 1. The Hall–Kier alpha value is -2.24. The number of hydrogen-bond acceptors (Lipinski definition) is 3. The van der Waals surface area contributed by atoms with Crippen LogP contribution in [0.15, 0.2) is 24.3 Å². The van der Waals surface area contributed by atoms with E-state index in [1.54, 1.807) is 16.9 Å². The summed E-state index contributed by atoms with van der Waals surface area (Å²) < 4.78 is 5.16. The van der Waals surface area contributed by atoms with Crippen molar-refractivity contribution in [1.82, 2.24) is 10.2 Å². The van der Waals surface area contributed by atoms with E-state index in [0.717, 1.165) is 24.3 Å². The summed E-state index contributed by atoms with van der Waals surface area (Å²) in [5, 5.41) is 3.15. The number of benzene rings is 1. The van der Waals surface area contributed by atoms with Crippen LogP contribution in [0.3, 0.4) is 0 Å². The van der Waals surface area contributed by atoms with E-state index in [4.69, 9.17) is 4.74 Å². The number of amides is 3. The fraction of sp³-hybridized carbons (Fsp3) is 0.619. The van der Waals surface area contributed by atoms with Crippen molar-refractivity contribution in [3.05, 3.63) is 24.3 Å². The predicted molar refractivity (Wildman–Crippen MR) is 106 cm³/mol. The second-order valence-electron chi connectivity index (χ2n) is 8.73. The number of anilines is 1. The molecular formula is C21H31N3O3. The first-order valence-electron chi connectivity index (χ1n) is 9.77. The first-order chi connectivity index (χ1) is 12.8. The highest BCUT2D eigenvalue weighted by molar-refractivity contribution is 5.96. The lowest BCUT2D eigenvalue weighted by Gasteiger charge is -2.39. The molecule has 0 bridgehead atoms. The normalized spacial score (nSPS) is 24.8. The van der Waals surface area contributed by atoms with E-state index in [1.165, 1.54) is 6.42 Å². The van der Waals surface area contributed by atoms with Gasteiger partial charge in [0, 0.05) is 24.8 Å². The second kappa shape index (κ2) is 7.79. The fourth-order valence-corrected chi connectivity index (χ4v) is 4.63. The van der Waals surface area contributed by atoms with Crippen molar-refractivity contribution in [1.29, 1.82) is 0 Å². The number of ether oxygens (including phenoxy) is 1. The van der Waals surface area contributed by atoms with Gasteiger partial charge in [-0.3, -0.25) is 9.69 Å². The Morgan fingerprint density at radius 2 is 1.93 bits per heavy atom. The molecule has 2 fully saturated rings. The molecule has 0 spiro atoms. The monoisotopic (exact) mass is 373 g/mol. The first-order valence-corrected chi connectivity index (χ1v) is 9.77. The topological polar surface area (TPSA) is 61.9 Å². The fourth-order valence-electron chi connectivity index (χ4n) is 4.63. The highest BCUT2D eigenvalue weighted by Gasteiger charge is 2.34. The van der Waals surface area contributed by atoms with E-state index in [0.29, 0.717) is 19.0 Å². The highest BCUT2D eigenvalue weighted by atomic mass is 16.5. The van der Waals surface area contributed by atoms with Gasteiger partial charge >= 0.3 is 6.03 Å². The van der Waals surface area contributed by atoms with Crippen LogP contribution in [0, 0.1) is 11.3 Å². The van der Waals surface area contributed by atoms with Crippen LogP contribution in [0.1, 0.15) is 40.0 Å². The van der Waals surface area contributed by atoms with Crippen LogP contribution in [0.25, 0.3) is 0 Å². The zero-order valence-corrected chi connectivity index (χ0v) is 16.8. The predicted octanol–water partition coefficient (Wildman–Crippen LogP) is 3.27. The molecule has 6 nitrogen and oxygen atoms in total. The first kappa shape index (κ1) is 19.5. The Labute approximate surface area is 161 Å². The van der Waals surface area contributed by atoms with Crippen LogP contribution in [-0.4, -0.2) is 49.6 Å². The summed E-state index contributed by atoms with van der Waals surface area (Å²) in [6.07, 6.45) is 3.21. The molecule has 3 amide bonds. The van der Waals surface area contributed by atoms with E-state index in [2.05, 4.69) is 26.1 Å². The van der Waals surface area contributed by atoms with Crippen molar-refractivity contribution in [3.8, 4) is 5.75 Å². The molecule has 2 atom stereocenters. The molecule has 0 radical (unpaired) electrons. The molecule has 1 aromatic carbocycles. The van der Waals surface area contributed by atoms with E-state index >= 15 is 0 Å². The summed E-state index contributed by atoms with van der Waals surface area (Å²) in [5.41, 5.74) is 1.08. The van der Waals surface area contributed by atoms with Gasteiger partial charge in [0.25, 0.3) is 0 Å². The van der Waals surface area contributed by atoms with Gasteiger partial charge in [-0.2, -0.15) is 0 Å². The third-order valence-electron chi connectivity index (χ3n) is 5.57. The van der Waals surface area contributed by atoms with Gasteiger partial charge < -0.3 is 15.0 Å². The Bertz CT molecular complexity index is 686. The Kier molecular flexibility index (Phi) is 5.63. The van der Waals surface area contributed by atoms with E-state index in [-0.39, 0.29) is 29.9 Å². The minimum Gasteiger partial charge on any atom is -0.497 e. The molecule has 1 N–H and O–H groups in total. The Balaban J connectivity index is 1.55. The molecular weight excluding hydrogens is 342 g/mol. The van der Waals surface area contributed by atoms with Gasteiger partial charge in [-0.15, -0.1) is 0 Å². The Morgan fingerprint density at radius 1 is 1.22 bits per heavy atom. The maximum atomic E-state index is 12.7. The molecule has 148 valence electrons. The van der Waals surface area contributed by atoms with E-state index < -0.39 is 0 Å². The standard InChI is InChI=1S/C21H31N3O3/c1-15-11-16(13-21(2,3)12-15)22-19(25)14-23-9-10-24(20(23)26)17-5-7-18(27-4)8-6-17/h5-8,15-16H,9-14H2,1-4H3,(H,22,25). The third kappa shape index (κ3) is 4.73. The lowest BCUT2D eigenvalue weighted by atomic mass is 9.70. The minimum absolute atomic E-state index is 0.0603. The van der Waals surface area contributed by atoms with Crippen molar-refractivity contribution < 1.29 is 14.3 Å². The van der Waals surface area contributed by atoms with Gasteiger partial charge in [-0.05, 0) is 54.9 Å². The summed E-state index contributed by atoms with van der Waals surface area (Å²) >= 11 is 0. The minimum atomic E-state index is -0.118. The van der Waals surface area contributed by atoms with Gasteiger partial charge in [-0.25, -0.2) is 4.79 Å². The highest BCUT2D eigenvalue weighted by Crippen LogP contribution is 2.38. The SMILES string of the molecule is COc1ccc(N2CCN(CC(=O)NC3CC(C)CC(C)(C)C3)C2=O)cc1. The molecule has 1 saturated heterocycles. The molecule has 1 saturated carbocycles. The van der Waals surface area contributed by atoms with Crippen molar-refractivity contribution >= 4 is 17.6 Å². The van der Waals surface area contributed by atoms with Crippen molar-refractivity contribution in [2.24, 2.45) is 11.3 Å². The average molecular weight is 373 g/mol. The molecule has 2 aliphatic rings. The number of nitrogens with zero attached hydrogens (tertiary/aromatic N) is 2. The van der Waals surface area contributed by atoms with Crippen LogP contribution in [0.2, 0.25) is 0 Å². The maximum absolute atomic E-state index is 12.7. The van der Waals surface area contributed by atoms with Crippen molar-refractivity contribution in [3.63, 3.8) is 0 Å². The molecule has 1 aliphatic carbocycles. The number of rotatable bonds is 5. The molecule has 3 rings (SSSR count). The molecule has 0 aromatic heterocycles. The van der Waals surface area contributed by atoms with Crippen LogP contribution in [0.4, 0.5) is 10.5 Å². The lowest BCUT2D eigenvalue weighted by molar-refractivity contribution is -0.122. The lowest BCUT2D eigenvalue weighted by Crippen LogP contribution is -2.47. The van der Waals surface area contributed by atoms with Crippen LogP contribution in [0.5, 0.6) is 5.75 Å². The molecule has 1 aromatic rings. The molecule has 27 heavy (non-hydrogen) atoms. The summed E-state index contributed by atoms with van der Waals surface area (Å²) in [7, 11) is 1.62. The second-order valence-corrected chi connectivity index (χ2v) is 8.73. The molecule has 6 heteroatoms. The largest absolute Gasteiger partial charge is 0.497 e. The van der Waals surface area contributed by atoms with Gasteiger partial charge in [0.2, 0.25) is 5.91 Å². The van der Waals surface area contributed by atoms with E-state index in [9.17, 15) is 9.59 Å². The number of carbonyl (C=O) groups excluding carboxylic acids is 2. The molecule has 1 aliphatic heterocycles. The summed E-state index contributed by atoms with van der Waals surface area (Å²) in [6.45, 7) is 8.04. The number of methoxy groups -OCH3 is 1.